The van der Waals surface area contributed by atoms with Crippen molar-refractivity contribution in [2.24, 2.45) is 7.05 Å². The van der Waals surface area contributed by atoms with Crippen molar-refractivity contribution < 1.29 is 4.39 Å². The molecule has 152 valence electrons. The highest BCUT2D eigenvalue weighted by Gasteiger charge is 2.27. The van der Waals surface area contributed by atoms with Gasteiger partial charge in [-0.15, -0.1) is 12.4 Å². The number of rotatable bonds is 2. The lowest BCUT2D eigenvalue weighted by atomic mass is 9.92. The molecule has 0 atom stereocenters. The highest BCUT2D eigenvalue weighted by molar-refractivity contribution is 6.35. The molecule has 0 aliphatic carbocycles. The minimum atomic E-state index is -0.304. The number of nitrogens with one attached hydrogen (secondary N) is 1. The Balaban J connectivity index is 0.00000240. The van der Waals surface area contributed by atoms with Gasteiger partial charge >= 0.3 is 0 Å². The molecule has 4 aromatic rings. The van der Waals surface area contributed by atoms with Crippen LogP contribution >= 0.6 is 35.6 Å². The summed E-state index contributed by atoms with van der Waals surface area (Å²) in [5.41, 5.74) is 3.75. The average Bonchev–Trinajstić information content (AvgIpc) is 3.15. The maximum atomic E-state index is 14.2. The van der Waals surface area contributed by atoms with Crippen molar-refractivity contribution in [2.45, 2.75) is 26.2 Å². The first-order valence-corrected chi connectivity index (χ1v) is 9.60. The van der Waals surface area contributed by atoms with Crippen molar-refractivity contribution in [3.05, 3.63) is 58.0 Å². The van der Waals surface area contributed by atoms with E-state index in [9.17, 15) is 4.39 Å². The van der Waals surface area contributed by atoms with Crippen LogP contribution in [0.4, 0.5) is 4.39 Å². The molecule has 0 saturated heterocycles. The Morgan fingerprint density at radius 1 is 1.10 bits per heavy atom. The van der Waals surface area contributed by atoms with Gasteiger partial charge in [-0.05, 0) is 23.8 Å². The van der Waals surface area contributed by atoms with Crippen LogP contribution in [-0.2, 0) is 12.5 Å². The molecule has 0 radical (unpaired) electrons. The van der Waals surface area contributed by atoms with Crippen molar-refractivity contribution in [2.75, 3.05) is 0 Å². The fraction of sp³-hybridized carbons (Fsp3) is 0.238. The van der Waals surface area contributed by atoms with Crippen LogP contribution in [0.1, 0.15) is 26.5 Å². The van der Waals surface area contributed by atoms with Crippen molar-refractivity contribution in [3.8, 4) is 22.6 Å². The third-order valence-corrected chi connectivity index (χ3v) is 5.30. The lowest BCUT2D eigenvalue weighted by Crippen LogP contribution is -2.12. The van der Waals surface area contributed by atoms with Crippen LogP contribution in [-0.4, -0.2) is 19.7 Å². The first-order valence-electron chi connectivity index (χ1n) is 8.84. The summed E-state index contributed by atoms with van der Waals surface area (Å²) >= 11 is 13.1. The van der Waals surface area contributed by atoms with Gasteiger partial charge in [0.05, 0.1) is 21.3 Å². The number of benzene rings is 2. The summed E-state index contributed by atoms with van der Waals surface area (Å²) in [6.45, 7) is 6.17. The van der Waals surface area contributed by atoms with E-state index in [0.717, 1.165) is 5.69 Å². The van der Waals surface area contributed by atoms with Gasteiger partial charge in [0.1, 0.15) is 17.0 Å². The molecule has 29 heavy (non-hydrogen) atoms. The molecule has 2 aromatic heterocycles. The molecule has 0 aliphatic heterocycles. The van der Waals surface area contributed by atoms with Crippen LogP contribution in [0, 0.1) is 5.82 Å². The third kappa shape index (κ3) is 3.75. The number of nitrogens with zero attached hydrogens (tertiary/aromatic N) is 3. The number of hydrogen-bond donors (Lipinski definition) is 1. The Morgan fingerprint density at radius 2 is 1.79 bits per heavy atom. The second kappa shape index (κ2) is 7.63. The molecule has 0 aliphatic rings. The fourth-order valence-electron chi connectivity index (χ4n) is 3.27. The summed E-state index contributed by atoms with van der Waals surface area (Å²) in [5.74, 6) is 0.264. The predicted octanol–water partition coefficient (Wildman–Crippen LogP) is 6.80. The van der Waals surface area contributed by atoms with E-state index < -0.39 is 0 Å². The molecule has 2 aromatic carbocycles. The Kier molecular flexibility index (Phi) is 5.69. The van der Waals surface area contributed by atoms with Crippen molar-refractivity contribution >= 4 is 46.6 Å². The van der Waals surface area contributed by atoms with Crippen LogP contribution in [0.3, 0.4) is 0 Å². The van der Waals surface area contributed by atoms with Crippen LogP contribution in [0.25, 0.3) is 33.7 Å². The summed E-state index contributed by atoms with van der Waals surface area (Å²) in [4.78, 5) is 7.90. The van der Waals surface area contributed by atoms with Crippen LogP contribution in [0.15, 0.2) is 36.4 Å². The summed E-state index contributed by atoms with van der Waals surface area (Å²) in [6.07, 6.45) is 0. The highest BCUT2D eigenvalue weighted by Crippen LogP contribution is 2.37. The number of aromatic nitrogens is 4. The second-order valence-electron chi connectivity index (χ2n) is 7.80. The van der Waals surface area contributed by atoms with Gasteiger partial charge in [0.15, 0.2) is 5.82 Å². The number of hydrogen-bond acceptors (Lipinski definition) is 2. The molecule has 0 spiro atoms. The number of imidazole rings is 1. The third-order valence-electron chi connectivity index (χ3n) is 4.65. The topological polar surface area (TPSA) is 46.5 Å². The molecular formula is C21H20Cl3FN4. The molecule has 2 heterocycles. The fourth-order valence-corrected chi connectivity index (χ4v) is 4.07. The van der Waals surface area contributed by atoms with E-state index in [2.05, 4.69) is 35.8 Å². The molecule has 1 N–H and O–H groups in total. The van der Waals surface area contributed by atoms with E-state index in [0.29, 0.717) is 43.7 Å². The highest BCUT2D eigenvalue weighted by atomic mass is 35.5. The van der Waals surface area contributed by atoms with E-state index in [1.54, 1.807) is 28.9 Å². The molecule has 0 amide bonds. The summed E-state index contributed by atoms with van der Waals surface area (Å²) < 4.78 is 15.9. The molecule has 0 saturated carbocycles. The maximum Gasteiger partial charge on any atom is 0.158 e. The first-order chi connectivity index (χ1) is 13.2. The van der Waals surface area contributed by atoms with Crippen LogP contribution in [0.2, 0.25) is 10.0 Å². The zero-order chi connectivity index (χ0) is 20.2. The number of halogens is 4. The normalized spacial score (nSPS) is 11.7. The summed E-state index contributed by atoms with van der Waals surface area (Å²) in [7, 11) is 1.83. The van der Waals surface area contributed by atoms with Gasteiger partial charge < -0.3 is 4.98 Å². The second-order valence-corrected chi connectivity index (χ2v) is 8.59. The quantitative estimate of drug-likeness (QED) is 0.363. The molecule has 0 unspecified atom stereocenters. The zero-order valence-corrected chi connectivity index (χ0v) is 18.7. The van der Waals surface area contributed by atoms with Gasteiger partial charge in [-0.3, -0.25) is 4.68 Å². The minimum Gasteiger partial charge on any atom is -0.337 e. The van der Waals surface area contributed by atoms with Gasteiger partial charge in [-0.25, -0.2) is 9.37 Å². The van der Waals surface area contributed by atoms with E-state index in [1.165, 1.54) is 6.07 Å². The Hall–Kier alpha value is -2.08. The molecule has 0 bridgehead atoms. The first kappa shape index (κ1) is 21.6. The van der Waals surface area contributed by atoms with Crippen LogP contribution < -0.4 is 0 Å². The largest absolute Gasteiger partial charge is 0.337 e. The van der Waals surface area contributed by atoms with Crippen LogP contribution in [0.5, 0.6) is 0 Å². The van der Waals surface area contributed by atoms with Gasteiger partial charge in [0.25, 0.3) is 0 Å². The smallest absolute Gasteiger partial charge is 0.158 e. The van der Waals surface area contributed by atoms with E-state index in [-0.39, 0.29) is 23.6 Å². The Morgan fingerprint density at radius 3 is 2.41 bits per heavy atom. The minimum absolute atomic E-state index is 0. The summed E-state index contributed by atoms with van der Waals surface area (Å²) in [5, 5.41) is 5.56. The molecule has 0 fully saturated rings. The lowest BCUT2D eigenvalue weighted by molar-refractivity contribution is 0.553. The van der Waals surface area contributed by atoms with Gasteiger partial charge in [0.2, 0.25) is 0 Å². The lowest BCUT2D eigenvalue weighted by Gasteiger charge is -2.15. The Bertz CT molecular complexity index is 1200. The average molecular weight is 454 g/mol. The van der Waals surface area contributed by atoms with Gasteiger partial charge in [-0.1, -0.05) is 62.2 Å². The molecular weight excluding hydrogens is 434 g/mol. The monoisotopic (exact) mass is 452 g/mol. The van der Waals surface area contributed by atoms with Gasteiger partial charge in [-0.2, -0.15) is 5.10 Å². The molecule has 8 heteroatoms. The maximum absolute atomic E-state index is 14.2. The predicted molar refractivity (Wildman–Crippen MR) is 120 cm³/mol. The van der Waals surface area contributed by atoms with E-state index >= 15 is 0 Å². The SMILES string of the molecule is Cl.Cn1nc(C(C)(C)C)c(Cl)c1-c1nc2c(Cl)cc(-c3ccccc3F)cc2[nH]1. The van der Waals surface area contributed by atoms with Crippen molar-refractivity contribution in [1.82, 2.24) is 19.7 Å². The van der Waals surface area contributed by atoms with Gasteiger partial charge in [0, 0.05) is 18.0 Å². The molecule has 4 nitrogen and oxygen atoms in total. The number of aromatic amines is 1. The van der Waals surface area contributed by atoms with Crippen molar-refractivity contribution in [1.29, 1.82) is 0 Å². The van der Waals surface area contributed by atoms with Crippen molar-refractivity contribution in [3.63, 3.8) is 0 Å². The number of H-pyrrole nitrogens is 1. The van der Waals surface area contributed by atoms with E-state index in [4.69, 9.17) is 23.2 Å². The number of fused-ring (bicyclic) bond motifs is 1. The standard InChI is InChI=1S/C21H19Cl2FN4.ClH/c1-21(2,3)19-16(23)18(28(4)27-19)20-25-15-10-11(9-13(22)17(15)26-20)12-7-5-6-8-14(12)24;/h5-10H,1-4H3,(H,25,26);1H. The zero-order valence-electron chi connectivity index (χ0n) is 16.3. The number of aryl methyl sites for hydroxylation is 1. The summed E-state index contributed by atoms with van der Waals surface area (Å²) in [6, 6.07) is 10.2. The molecule has 4 rings (SSSR count). The van der Waals surface area contributed by atoms with E-state index in [1.807, 2.05) is 13.1 Å². The Labute approximate surface area is 184 Å².